The highest BCUT2D eigenvalue weighted by atomic mass is 35.5. The van der Waals surface area contributed by atoms with Crippen LogP contribution in [0.5, 0.6) is 0 Å². The third-order valence-corrected chi connectivity index (χ3v) is 2.19. The second-order valence-corrected chi connectivity index (χ2v) is 3.24. The van der Waals surface area contributed by atoms with E-state index in [2.05, 4.69) is 18.0 Å². The Kier molecular flexibility index (Phi) is 4.58. The van der Waals surface area contributed by atoms with Gasteiger partial charge in [0, 0.05) is 11.6 Å². The van der Waals surface area contributed by atoms with Crippen molar-refractivity contribution in [2.45, 2.75) is 6.42 Å². The molecule has 0 atom stereocenters. The van der Waals surface area contributed by atoms with Gasteiger partial charge in [0.05, 0.1) is 0 Å². The maximum Gasteiger partial charge on any atom is 0.0438 e. The number of nitrogens with one attached hydrogen (secondary N) is 1. The first-order valence-corrected chi connectivity index (χ1v) is 4.77. The summed E-state index contributed by atoms with van der Waals surface area (Å²) in [6, 6.07) is 7.93. The van der Waals surface area contributed by atoms with Gasteiger partial charge in [-0.15, -0.1) is 6.58 Å². The monoisotopic (exact) mass is 195 g/mol. The van der Waals surface area contributed by atoms with E-state index in [1.54, 1.807) is 0 Å². The highest BCUT2D eigenvalue weighted by molar-refractivity contribution is 6.31. The van der Waals surface area contributed by atoms with Gasteiger partial charge in [-0.05, 0) is 24.6 Å². The third-order valence-electron chi connectivity index (χ3n) is 1.82. The minimum atomic E-state index is 0.850. The minimum Gasteiger partial charge on any atom is -0.313 e. The van der Waals surface area contributed by atoms with Gasteiger partial charge in [0.1, 0.15) is 0 Å². The molecule has 0 amide bonds. The predicted octanol–water partition coefficient (Wildman–Crippen LogP) is 2.66. The minimum absolute atomic E-state index is 0.850. The zero-order valence-corrected chi connectivity index (χ0v) is 8.35. The molecule has 1 N–H and O–H groups in total. The summed E-state index contributed by atoms with van der Waals surface area (Å²) < 4.78 is 0. The Bertz CT molecular complexity index is 271. The fourth-order valence-electron chi connectivity index (χ4n) is 1.13. The summed E-state index contributed by atoms with van der Waals surface area (Å²) in [5.41, 5.74) is 1.20. The zero-order chi connectivity index (χ0) is 9.52. The van der Waals surface area contributed by atoms with Gasteiger partial charge in [-0.25, -0.2) is 0 Å². The summed E-state index contributed by atoms with van der Waals surface area (Å²) in [6.07, 6.45) is 2.82. The number of halogens is 1. The van der Waals surface area contributed by atoms with Gasteiger partial charge in [-0.1, -0.05) is 35.9 Å². The van der Waals surface area contributed by atoms with Crippen LogP contribution in [0.25, 0.3) is 0 Å². The maximum absolute atomic E-state index is 5.99. The van der Waals surface area contributed by atoms with Crippen molar-refractivity contribution in [2.24, 2.45) is 0 Å². The molecule has 70 valence electrons. The first-order valence-electron chi connectivity index (χ1n) is 4.39. The van der Waals surface area contributed by atoms with Crippen molar-refractivity contribution in [1.29, 1.82) is 0 Å². The van der Waals surface area contributed by atoms with Gasteiger partial charge in [-0.3, -0.25) is 0 Å². The van der Waals surface area contributed by atoms with Gasteiger partial charge in [-0.2, -0.15) is 0 Å². The molecule has 0 fully saturated rings. The average molecular weight is 196 g/mol. The summed E-state index contributed by atoms with van der Waals surface area (Å²) >= 11 is 5.99. The van der Waals surface area contributed by atoms with Crippen LogP contribution in [-0.4, -0.2) is 13.1 Å². The Hall–Kier alpha value is -0.790. The molecule has 1 rings (SSSR count). The molecule has 0 unspecified atom stereocenters. The molecule has 0 bridgehead atoms. The van der Waals surface area contributed by atoms with E-state index in [0.29, 0.717) is 0 Å². The molecule has 0 aliphatic carbocycles. The molecule has 0 saturated heterocycles. The lowest BCUT2D eigenvalue weighted by atomic mass is 10.1. The standard InChI is InChI=1S/C11H14ClN/c1-2-8-13-9-7-10-5-3-4-6-11(10)12/h2-6,13H,1,7-9H2. The van der Waals surface area contributed by atoms with E-state index in [0.717, 1.165) is 24.5 Å². The molecular weight excluding hydrogens is 182 g/mol. The molecule has 0 aliphatic rings. The van der Waals surface area contributed by atoms with Crippen LogP contribution in [0.15, 0.2) is 36.9 Å². The Labute approximate surface area is 84.4 Å². The predicted molar refractivity (Wildman–Crippen MR) is 58.2 cm³/mol. The lowest BCUT2D eigenvalue weighted by Crippen LogP contribution is -2.16. The SMILES string of the molecule is C=CCNCCc1ccccc1Cl. The Morgan fingerprint density at radius 3 is 2.85 bits per heavy atom. The van der Waals surface area contributed by atoms with E-state index >= 15 is 0 Å². The van der Waals surface area contributed by atoms with Crippen LogP contribution < -0.4 is 5.32 Å². The van der Waals surface area contributed by atoms with Crippen molar-refractivity contribution in [2.75, 3.05) is 13.1 Å². The van der Waals surface area contributed by atoms with Gasteiger partial charge in [0.2, 0.25) is 0 Å². The van der Waals surface area contributed by atoms with Gasteiger partial charge in [0.25, 0.3) is 0 Å². The topological polar surface area (TPSA) is 12.0 Å². The van der Waals surface area contributed by atoms with E-state index in [-0.39, 0.29) is 0 Å². The smallest absolute Gasteiger partial charge is 0.0438 e. The number of benzene rings is 1. The first kappa shape index (κ1) is 10.3. The normalized spacial score (nSPS) is 9.92. The molecular formula is C11H14ClN. The molecule has 0 aromatic heterocycles. The van der Waals surface area contributed by atoms with Crippen LogP contribution in [0.3, 0.4) is 0 Å². The molecule has 0 saturated carbocycles. The van der Waals surface area contributed by atoms with Crippen molar-refractivity contribution in [1.82, 2.24) is 5.32 Å². The summed E-state index contributed by atoms with van der Waals surface area (Å²) in [7, 11) is 0. The highest BCUT2D eigenvalue weighted by Crippen LogP contribution is 2.14. The quantitative estimate of drug-likeness (QED) is 0.563. The lowest BCUT2D eigenvalue weighted by Gasteiger charge is -2.03. The molecule has 0 aliphatic heterocycles. The Morgan fingerprint density at radius 1 is 1.38 bits per heavy atom. The van der Waals surface area contributed by atoms with Crippen LogP contribution >= 0.6 is 11.6 Å². The number of hydrogen-bond acceptors (Lipinski definition) is 1. The molecule has 0 heterocycles. The van der Waals surface area contributed by atoms with E-state index < -0.39 is 0 Å². The second-order valence-electron chi connectivity index (χ2n) is 2.83. The molecule has 13 heavy (non-hydrogen) atoms. The molecule has 0 radical (unpaired) electrons. The van der Waals surface area contributed by atoms with Crippen LogP contribution in [0.4, 0.5) is 0 Å². The number of rotatable bonds is 5. The highest BCUT2D eigenvalue weighted by Gasteiger charge is 1.96. The molecule has 0 spiro atoms. The van der Waals surface area contributed by atoms with Gasteiger partial charge < -0.3 is 5.32 Å². The lowest BCUT2D eigenvalue weighted by molar-refractivity contribution is 0.745. The molecule has 1 aromatic carbocycles. The second kappa shape index (κ2) is 5.79. The average Bonchev–Trinajstić information content (AvgIpc) is 2.15. The molecule has 1 nitrogen and oxygen atoms in total. The summed E-state index contributed by atoms with van der Waals surface area (Å²) in [5.74, 6) is 0. The largest absolute Gasteiger partial charge is 0.313 e. The van der Waals surface area contributed by atoms with Crippen molar-refractivity contribution in [3.05, 3.63) is 47.5 Å². The first-order chi connectivity index (χ1) is 6.34. The summed E-state index contributed by atoms with van der Waals surface area (Å²) in [5, 5.41) is 4.08. The van der Waals surface area contributed by atoms with Crippen LogP contribution in [0.1, 0.15) is 5.56 Å². The van der Waals surface area contributed by atoms with Crippen LogP contribution in [-0.2, 0) is 6.42 Å². The van der Waals surface area contributed by atoms with E-state index in [1.807, 2.05) is 24.3 Å². The fourth-order valence-corrected chi connectivity index (χ4v) is 1.36. The summed E-state index contributed by atoms with van der Waals surface area (Å²) in [6.45, 7) is 5.43. The fraction of sp³-hybridized carbons (Fsp3) is 0.273. The van der Waals surface area contributed by atoms with Gasteiger partial charge in [0.15, 0.2) is 0 Å². The van der Waals surface area contributed by atoms with Crippen molar-refractivity contribution < 1.29 is 0 Å². The molecule has 2 heteroatoms. The van der Waals surface area contributed by atoms with Gasteiger partial charge >= 0.3 is 0 Å². The maximum atomic E-state index is 5.99. The van der Waals surface area contributed by atoms with E-state index in [9.17, 15) is 0 Å². The van der Waals surface area contributed by atoms with Crippen molar-refractivity contribution in [3.8, 4) is 0 Å². The zero-order valence-electron chi connectivity index (χ0n) is 7.59. The van der Waals surface area contributed by atoms with Crippen molar-refractivity contribution >= 4 is 11.6 Å². The van der Waals surface area contributed by atoms with E-state index in [4.69, 9.17) is 11.6 Å². The van der Waals surface area contributed by atoms with Crippen LogP contribution in [0.2, 0.25) is 5.02 Å². The van der Waals surface area contributed by atoms with Crippen molar-refractivity contribution in [3.63, 3.8) is 0 Å². The number of hydrogen-bond donors (Lipinski definition) is 1. The van der Waals surface area contributed by atoms with E-state index in [1.165, 1.54) is 5.56 Å². The van der Waals surface area contributed by atoms with Crippen LogP contribution in [0, 0.1) is 0 Å². The molecule has 1 aromatic rings. The third kappa shape index (κ3) is 3.62. The Morgan fingerprint density at radius 2 is 2.15 bits per heavy atom. The Balaban J connectivity index is 2.36. The summed E-state index contributed by atoms with van der Waals surface area (Å²) in [4.78, 5) is 0.